The Hall–Kier alpha value is -2.29. The van der Waals surface area contributed by atoms with Crippen molar-refractivity contribution in [3.8, 4) is 0 Å². The van der Waals surface area contributed by atoms with E-state index in [0.29, 0.717) is 25.9 Å². The first-order valence-electron chi connectivity index (χ1n) is 9.96. The molecule has 0 saturated carbocycles. The zero-order chi connectivity index (χ0) is 19.8. The van der Waals surface area contributed by atoms with Crippen molar-refractivity contribution in [2.45, 2.75) is 38.5 Å². The maximum atomic E-state index is 12.3. The van der Waals surface area contributed by atoms with E-state index in [0.717, 1.165) is 32.7 Å². The maximum absolute atomic E-state index is 12.3. The highest BCUT2D eigenvalue weighted by Gasteiger charge is 2.30. The van der Waals surface area contributed by atoms with Crippen LogP contribution >= 0.6 is 0 Å². The molecule has 28 heavy (non-hydrogen) atoms. The number of hydrogen-bond acceptors (Lipinski definition) is 6. The zero-order valence-corrected chi connectivity index (χ0v) is 16.5. The summed E-state index contributed by atoms with van der Waals surface area (Å²) < 4.78 is 1.56. The third-order valence-corrected chi connectivity index (χ3v) is 5.17. The number of rotatable bonds is 9. The fourth-order valence-corrected chi connectivity index (χ4v) is 3.44. The molecule has 0 radical (unpaired) electrons. The van der Waals surface area contributed by atoms with Gasteiger partial charge in [-0.05, 0) is 38.0 Å². The van der Waals surface area contributed by atoms with Crippen molar-refractivity contribution in [3.05, 3.63) is 47.8 Å². The molecule has 2 heterocycles. The van der Waals surface area contributed by atoms with Crippen molar-refractivity contribution >= 4 is 5.91 Å². The normalized spacial score (nSPS) is 16.2. The fourth-order valence-electron chi connectivity index (χ4n) is 3.44. The molecule has 152 valence electrons. The molecule has 8 heteroatoms. The molecule has 1 saturated heterocycles. The van der Waals surface area contributed by atoms with E-state index in [-0.39, 0.29) is 11.6 Å². The van der Waals surface area contributed by atoms with E-state index >= 15 is 0 Å². The summed E-state index contributed by atoms with van der Waals surface area (Å²) in [5.41, 5.74) is 0.754. The molecule has 1 aliphatic rings. The van der Waals surface area contributed by atoms with Crippen molar-refractivity contribution in [3.63, 3.8) is 0 Å². The van der Waals surface area contributed by atoms with Crippen LogP contribution in [-0.2, 0) is 13.1 Å². The highest BCUT2D eigenvalue weighted by atomic mass is 16.3. The van der Waals surface area contributed by atoms with Crippen LogP contribution in [0.1, 0.15) is 35.8 Å². The number of nitrogens with zero attached hydrogens (tertiary/aromatic N) is 4. The molecule has 0 unspecified atom stereocenters. The second-order valence-electron chi connectivity index (χ2n) is 7.39. The minimum Gasteiger partial charge on any atom is -0.388 e. The third-order valence-electron chi connectivity index (χ3n) is 5.17. The minimum atomic E-state index is -0.786. The number of piperidine rings is 1. The van der Waals surface area contributed by atoms with Gasteiger partial charge in [0.1, 0.15) is 0 Å². The van der Waals surface area contributed by atoms with E-state index < -0.39 is 5.60 Å². The van der Waals surface area contributed by atoms with Crippen LogP contribution in [0, 0.1) is 0 Å². The summed E-state index contributed by atoms with van der Waals surface area (Å²) in [5.74, 6) is -0.237. The first-order valence-corrected chi connectivity index (χ1v) is 9.96. The van der Waals surface area contributed by atoms with Crippen molar-refractivity contribution in [2.24, 2.45) is 0 Å². The van der Waals surface area contributed by atoms with Gasteiger partial charge in [-0.25, -0.2) is 4.68 Å². The predicted molar refractivity (Wildman–Crippen MR) is 107 cm³/mol. The first-order chi connectivity index (χ1) is 13.6. The van der Waals surface area contributed by atoms with Gasteiger partial charge in [0.15, 0.2) is 5.69 Å². The van der Waals surface area contributed by atoms with Gasteiger partial charge >= 0.3 is 0 Å². The lowest BCUT2D eigenvalue weighted by atomic mass is 9.92. The Balaban J connectivity index is 1.45. The zero-order valence-electron chi connectivity index (χ0n) is 16.5. The summed E-state index contributed by atoms with van der Waals surface area (Å²) in [6.07, 6.45) is 2.95. The van der Waals surface area contributed by atoms with Crippen molar-refractivity contribution in [1.29, 1.82) is 0 Å². The Morgan fingerprint density at radius 3 is 2.79 bits per heavy atom. The topological polar surface area (TPSA) is 95.3 Å². The lowest BCUT2D eigenvalue weighted by molar-refractivity contribution is -0.00866. The van der Waals surface area contributed by atoms with Crippen LogP contribution in [0.2, 0.25) is 0 Å². The highest BCUT2D eigenvalue weighted by Crippen LogP contribution is 2.19. The number of carbonyl (C=O) groups excluding carboxylic acids is 1. The van der Waals surface area contributed by atoms with Crippen LogP contribution in [0.25, 0.3) is 0 Å². The molecule has 3 N–H and O–H groups in total. The Labute approximate surface area is 165 Å². The van der Waals surface area contributed by atoms with Crippen LogP contribution in [0.3, 0.4) is 0 Å². The van der Waals surface area contributed by atoms with E-state index in [1.165, 1.54) is 5.56 Å². The van der Waals surface area contributed by atoms with Gasteiger partial charge in [0.05, 0.1) is 18.3 Å². The van der Waals surface area contributed by atoms with Gasteiger partial charge in [-0.3, -0.25) is 9.69 Å². The number of carbonyl (C=O) groups is 1. The third kappa shape index (κ3) is 5.85. The number of nitrogens with one attached hydrogen (secondary N) is 2. The number of benzene rings is 1. The van der Waals surface area contributed by atoms with Gasteiger partial charge in [-0.2, -0.15) is 0 Å². The van der Waals surface area contributed by atoms with Gasteiger partial charge < -0.3 is 15.7 Å². The molecule has 0 atom stereocenters. The second-order valence-corrected chi connectivity index (χ2v) is 7.39. The molecule has 0 bridgehead atoms. The highest BCUT2D eigenvalue weighted by molar-refractivity contribution is 5.91. The standard InChI is InChI=1S/C20H30N6O2/c1-2-25(14-17-6-4-3-5-7-17)13-12-22-19(27)18-15-26(24-23-18)16-20(28)8-10-21-11-9-20/h3-7,15,21,28H,2,8-14,16H2,1H3,(H,22,27). The van der Waals surface area contributed by atoms with Gasteiger partial charge in [0.2, 0.25) is 0 Å². The molecule has 1 amide bonds. The quantitative estimate of drug-likeness (QED) is 0.586. The largest absolute Gasteiger partial charge is 0.388 e. The van der Waals surface area contributed by atoms with Crippen molar-refractivity contribution < 1.29 is 9.90 Å². The second kappa shape index (κ2) is 9.77. The van der Waals surface area contributed by atoms with E-state index in [2.05, 4.69) is 44.9 Å². The summed E-state index contributed by atoms with van der Waals surface area (Å²) >= 11 is 0. The molecule has 1 aliphatic heterocycles. The van der Waals surface area contributed by atoms with Crippen molar-refractivity contribution in [2.75, 3.05) is 32.7 Å². The monoisotopic (exact) mass is 386 g/mol. The number of aromatic nitrogens is 3. The molecular formula is C20H30N6O2. The molecule has 2 aromatic rings. The predicted octanol–water partition coefficient (Wildman–Crippen LogP) is 0.645. The summed E-state index contributed by atoms with van der Waals surface area (Å²) in [6.45, 7) is 7.12. The molecule has 0 aliphatic carbocycles. The molecular weight excluding hydrogens is 356 g/mol. The molecule has 0 spiro atoms. The SMILES string of the molecule is CCN(CCNC(=O)c1cn(CC2(O)CCNCC2)nn1)Cc1ccccc1. The molecule has 1 fully saturated rings. The van der Waals surface area contributed by atoms with Gasteiger partial charge in [-0.15, -0.1) is 5.10 Å². The van der Waals surface area contributed by atoms with Crippen LogP contribution < -0.4 is 10.6 Å². The Morgan fingerprint density at radius 2 is 2.07 bits per heavy atom. The van der Waals surface area contributed by atoms with Gasteiger partial charge in [-0.1, -0.05) is 42.5 Å². The van der Waals surface area contributed by atoms with Crippen molar-refractivity contribution in [1.82, 2.24) is 30.5 Å². The summed E-state index contributed by atoms with van der Waals surface area (Å²) in [5, 5.41) is 24.7. The van der Waals surface area contributed by atoms with Gasteiger partial charge in [0.25, 0.3) is 5.91 Å². The number of aliphatic hydroxyl groups is 1. The van der Waals surface area contributed by atoms with Crippen LogP contribution in [0.4, 0.5) is 0 Å². The summed E-state index contributed by atoms with van der Waals surface area (Å²) in [7, 11) is 0. The lowest BCUT2D eigenvalue weighted by Gasteiger charge is -2.32. The van der Waals surface area contributed by atoms with Crippen LogP contribution in [0.15, 0.2) is 36.5 Å². The smallest absolute Gasteiger partial charge is 0.273 e. The number of hydrogen-bond donors (Lipinski definition) is 3. The average Bonchev–Trinajstić information content (AvgIpc) is 3.16. The van der Waals surface area contributed by atoms with E-state index in [1.54, 1.807) is 10.9 Å². The molecule has 3 rings (SSSR count). The number of amides is 1. The minimum absolute atomic E-state index is 0.237. The molecule has 1 aromatic carbocycles. The number of likely N-dealkylation sites (N-methyl/N-ethyl adjacent to an activating group) is 1. The van der Waals surface area contributed by atoms with Crippen LogP contribution in [0.5, 0.6) is 0 Å². The lowest BCUT2D eigenvalue weighted by Crippen LogP contribution is -2.44. The van der Waals surface area contributed by atoms with E-state index in [9.17, 15) is 9.90 Å². The molecule has 1 aromatic heterocycles. The Bertz CT molecular complexity index is 742. The fraction of sp³-hybridized carbons (Fsp3) is 0.550. The maximum Gasteiger partial charge on any atom is 0.273 e. The Morgan fingerprint density at radius 1 is 1.32 bits per heavy atom. The summed E-state index contributed by atoms with van der Waals surface area (Å²) in [6, 6.07) is 10.3. The summed E-state index contributed by atoms with van der Waals surface area (Å²) in [4.78, 5) is 14.6. The first kappa shape index (κ1) is 20.4. The van der Waals surface area contributed by atoms with Gasteiger partial charge in [0, 0.05) is 19.6 Å². The van der Waals surface area contributed by atoms with Crippen LogP contribution in [-0.4, -0.2) is 69.2 Å². The average molecular weight is 387 g/mol. The van der Waals surface area contributed by atoms with E-state index in [4.69, 9.17) is 0 Å². The van der Waals surface area contributed by atoms with E-state index in [1.807, 2.05) is 18.2 Å². The Kier molecular flexibility index (Phi) is 7.13. The molecule has 8 nitrogen and oxygen atoms in total.